The number of carbonyl (C=O) groups is 1. The fraction of sp³-hybridized carbons (Fsp3) is 0.458. The molecule has 1 N–H and O–H groups in total. The van der Waals surface area contributed by atoms with E-state index in [1.54, 1.807) is 0 Å². The number of hydrogen-bond acceptors (Lipinski definition) is 3. The Kier molecular flexibility index (Phi) is 6.98. The van der Waals surface area contributed by atoms with E-state index in [9.17, 15) is 13.2 Å². The number of hydrogen-bond donors (Lipinski definition) is 1. The van der Waals surface area contributed by atoms with Crippen LogP contribution in [0.2, 0.25) is 0 Å². The maximum Gasteiger partial charge on any atom is 0.244 e. The van der Waals surface area contributed by atoms with Gasteiger partial charge in [0.05, 0.1) is 11.4 Å². The molecule has 2 aromatic rings. The molecule has 0 unspecified atom stereocenters. The zero-order valence-corrected chi connectivity index (χ0v) is 19.2. The van der Waals surface area contributed by atoms with Crippen LogP contribution >= 0.6 is 0 Å². The van der Waals surface area contributed by atoms with Gasteiger partial charge in [0.25, 0.3) is 0 Å². The van der Waals surface area contributed by atoms with Crippen LogP contribution in [0.15, 0.2) is 41.3 Å². The molecule has 0 spiro atoms. The van der Waals surface area contributed by atoms with Crippen molar-refractivity contribution in [2.75, 3.05) is 6.54 Å². The largest absolute Gasteiger partial charge is 0.352 e. The van der Waals surface area contributed by atoms with Gasteiger partial charge in [-0.1, -0.05) is 60.4 Å². The Balaban J connectivity index is 1.92. The highest BCUT2D eigenvalue weighted by atomic mass is 32.2. The van der Waals surface area contributed by atoms with E-state index in [0.717, 1.165) is 42.4 Å². The molecule has 1 amide bonds. The van der Waals surface area contributed by atoms with E-state index in [1.807, 2.05) is 64.1 Å². The Morgan fingerprint density at radius 2 is 1.53 bits per heavy atom. The lowest BCUT2D eigenvalue weighted by molar-refractivity contribution is -0.122. The maximum atomic E-state index is 13.7. The molecule has 3 rings (SSSR count). The minimum Gasteiger partial charge on any atom is -0.352 e. The molecule has 1 saturated carbocycles. The van der Waals surface area contributed by atoms with Gasteiger partial charge in [-0.25, -0.2) is 8.42 Å². The molecule has 162 valence electrons. The molecule has 0 heterocycles. The van der Waals surface area contributed by atoms with Crippen molar-refractivity contribution in [3.05, 3.63) is 64.2 Å². The number of rotatable bonds is 7. The van der Waals surface area contributed by atoms with Gasteiger partial charge < -0.3 is 5.32 Å². The van der Waals surface area contributed by atoms with E-state index in [2.05, 4.69) is 5.32 Å². The first-order valence-corrected chi connectivity index (χ1v) is 12.0. The third-order valence-electron chi connectivity index (χ3n) is 5.72. The zero-order valence-electron chi connectivity index (χ0n) is 18.4. The molecule has 1 fully saturated rings. The summed E-state index contributed by atoms with van der Waals surface area (Å²) in [5.41, 5.74) is 4.40. The summed E-state index contributed by atoms with van der Waals surface area (Å²) in [7, 11) is -3.84. The van der Waals surface area contributed by atoms with Gasteiger partial charge in [-0.05, 0) is 57.2 Å². The Morgan fingerprint density at radius 1 is 0.967 bits per heavy atom. The molecular weight excluding hydrogens is 396 g/mol. The predicted molar refractivity (Wildman–Crippen MR) is 120 cm³/mol. The average molecular weight is 429 g/mol. The van der Waals surface area contributed by atoms with Crippen LogP contribution in [0.4, 0.5) is 0 Å². The van der Waals surface area contributed by atoms with E-state index >= 15 is 0 Å². The summed E-state index contributed by atoms with van der Waals surface area (Å²) in [5.74, 6) is -0.236. The van der Waals surface area contributed by atoms with Crippen LogP contribution in [0.25, 0.3) is 0 Å². The van der Waals surface area contributed by atoms with Gasteiger partial charge in [0.15, 0.2) is 0 Å². The molecule has 30 heavy (non-hydrogen) atoms. The van der Waals surface area contributed by atoms with Crippen LogP contribution in [0.5, 0.6) is 0 Å². The van der Waals surface area contributed by atoms with Crippen LogP contribution in [0, 0.1) is 27.7 Å². The molecule has 6 heteroatoms. The lowest BCUT2D eigenvalue weighted by Gasteiger charge is -2.25. The second-order valence-corrected chi connectivity index (χ2v) is 10.4. The summed E-state index contributed by atoms with van der Waals surface area (Å²) in [6.07, 6.45) is 4.15. The first-order chi connectivity index (χ1) is 14.2. The van der Waals surface area contributed by atoms with Crippen molar-refractivity contribution in [3.8, 4) is 0 Å². The van der Waals surface area contributed by atoms with Crippen molar-refractivity contribution < 1.29 is 13.2 Å². The summed E-state index contributed by atoms with van der Waals surface area (Å²) < 4.78 is 28.7. The molecule has 0 atom stereocenters. The highest BCUT2D eigenvalue weighted by Gasteiger charge is 2.30. The van der Waals surface area contributed by atoms with E-state index in [0.29, 0.717) is 16.0 Å². The number of aryl methyl sites for hydroxylation is 4. The van der Waals surface area contributed by atoms with Crippen molar-refractivity contribution in [1.82, 2.24) is 9.62 Å². The van der Waals surface area contributed by atoms with Crippen molar-refractivity contribution in [2.24, 2.45) is 0 Å². The monoisotopic (exact) mass is 428 g/mol. The van der Waals surface area contributed by atoms with E-state index in [-0.39, 0.29) is 25.0 Å². The summed E-state index contributed by atoms with van der Waals surface area (Å²) in [6, 6.07) is 11.7. The zero-order chi connectivity index (χ0) is 21.9. The molecule has 0 bridgehead atoms. The SMILES string of the molecule is Cc1ccc(CN(CC(=O)NC2CCCC2)S(=O)(=O)c2c(C)cc(C)cc2C)cc1. The van der Waals surface area contributed by atoms with Crippen molar-refractivity contribution in [1.29, 1.82) is 0 Å². The molecule has 0 aliphatic heterocycles. The van der Waals surface area contributed by atoms with Crippen molar-refractivity contribution in [2.45, 2.75) is 70.9 Å². The van der Waals surface area contributed by atoms with Crippen LogP contribution in [0.3, 0.4) is 0 Å². The molecule has 2 aromatic carbocycles. The second kappa shape index (κ2) is 9.31. The molecule has 0 aromatic heterocycles. The normalized spacial score (nSPS) is 15.0. The molecule has 1 aliphatic carbocycles. The Hall–Kier alpha value is -2.18. The first-order valence-electron chi connectivity index (χ1n) is 10.6. The van der Waals surface area contributed by atoms with Gasteiger partial charge in [-0.15, -0.1) is 0 Å². The van der Waals surface area contributed by atoms with Gasteiger partial charge in [-0.2, -0.15) is 4.31 Å². The number of nitrogens with zero attached hydrogens (tertiary/aromatic N) is 1. The summed E-state index contributed by atoms with van der Waals surface area (Å²) in [4.78, 5) is 13.0. The predicted octanol–water partition coefficient (Wildman–Crippen LogP) is 4.17. The molecular formula is C24H32N2O3S. The lowest BCUT2D eigenvalue weighted by Crippen LogP contribution is -2.43. The minimum absolute atomic E-state index is 0.157. The number of sulfonamides is 1. The molecule has 0 saturated heterocycles. The summed E-state index contributed by atoms with van der Waals surface area (Å²) >= 11 is 0. The fourth-order valence-corrected chi connectivity index (χ4v) is 6.13. The van der Waals surface area contributed by atoms with Crippen LogP contribution in [-0.2, 0) is 21.4 Å². The van der Waals surface area contributed by atoms with Crippen LogP contribution < -0.4 is 5.32 Å². The number of benzene rings is 2. The minimum atomic E-state index is -3.84. The first kappa shape index (κ1) is 22.5. The highest BCUT2D eigenvalue weighted by molar-refractivity contribution is 7.89. The fourth-order valence-electron chi connectivity index (χ4n) is 4.33. The van der Waals surface area contributed by atoms with Gasteiger partial charge in [0, 0.05) is 12.6 Å². The van der Waals surface area contributed by atoms with Gasteiger partial charge in [-0.3, -0.25) is 4.79 Å². The number of amides is 1. The Morgan fingerprint density at radius 3 is 2.10 bits per heavy atom. The topological polar surface area (TPSA) is 66.5 Å². The third-order valence-corrected chi connectivity index (χ3v) is 7.82. The quantitative estimate of drug-likeness (QED) is 0.720. The van der Waals surface area contributed by atoms with E-state index < -0.39 is 10.0 Å². The second-order valence-electron chi connectivity index (χ2n) is 8.54. The van der Waals surface area contributed by atoms with E-state index in [4.69, 9.17) is 0 Å². The molecule has 5 nitrogen and oxygen atoms in total. The third kappa shape index (κ3) is 5.29. The maximum absolute atomic E-state index is 13.7. The van der Waals surface area contributed by atoms with Gasteiger partial charge >= 0.3 is 0 Å². The Labute approximate surface area is 180 Å². The van der Waals surface area contributed by atoms with Crippen LogP contribution in [0.1, 0.15) is 53.5 Å². The lowest BCUT2D eigenvalue weighted by atomic mass is 10.1. The van der Waals surface area contributed by atoms with Crippen molar-refractivity contribution in [3.63, 3.8) is 0 Å². The molecule has 0 radical (unpaired) electrons. The smallest absolute Gasteiger partial charge is 0.244 e. The highest BCUT2D eigenvalue weighted by Crippen LogP contribution is 2.27. The Bertz CT molecular complexity index is 984. The van der Waals surface area contributed by atoms with Crippen molar-refractivity contribution >= 4 is 15.9 Å². The summed E-state index contributed by atoms with van der Waals surface area (Å²) in [5, 5.41) is 3.02. The average Bonchev–Trinajstić information content (AvgIpc) is 3.14. The standard InChI is InChI=1S/C24H32N2O3S/c1-17-9-11-21(12-10-17)15-26(16-23(27)25-22-7-5-6-8-22)30(28,29)24-19(3)13-18(2)14-20(24)4/h9-14,22H,5-8,15-16H2,1-4H3,(H,25,27). The molecule has 1 aliphatic rings. The van der Waals surface area contributed by atoms with Crippen LogP contribution in [-0.4, -0.2) is 31.2 Å². The van der Waals surface area contributed by atoms with Gasteiger partial charge in [0.2, 0.25) is 15.9 Å². The number of nitrogens with one attached hydrogen (secondary N) is 1. The summed E-state index contributed by atoms with van der Waals surface area (Å²) in [6.45, 7) is 7.56. The van der Waals surface area contributed by atoms with E-state index in [1.165, 1.54) is 4.31 Å². The van der Waals surface area contributed by atoms with Gasteiger partial charge in [0.1, 0.15) is 0 Å². The number of carbonyl (C=O) groups excluding carboxylic acids is 1.